The van der Waals surface area contributed by atoms with E-state index in [4.69, 9.17) is 9.47 Å². The number of hydrogen-bond acceptors (Lipinski definition) is 5. The molecule has 1 amide bonds. The fourth-order valence-corrected chi connectivity index (χ4v) is 3.66. The van der Waals surface area contributed by atoms with Crippen molar-refractivity contribution in [1.29, 1.82) is 0 Å². The summed E-state index contributed by atoms with van der Waals surface area (Å²) >= 11 is 0. The molecule has 2 aromatic rings. The number of anilines is 2. The van der Waals surface area contributed by atoms with Crippen LogP contribution >= 0.6 is 0 Å². The third kappa shape index (κ3) is 4.72. The minimum atomic E-state index is -0.393. The van der Waals surface area contributed by atoms with E-state index >= 15 is 0 Å². The summed E-state index contributed by atoms with van der Waals surface area (Å²) < 4.78 is 25.0. The number of amides is 1. The molecule has 31 heavy (non-hydrogen) atoms. The van der Waals surface area contributed by atoms with Crippen molar-refractivity contribution in [2.24, 2.45) is 0 Å². The number of allylic oxidation sites excluding steroid dienone is 1. The van der Waals surface area contributed by atoms with E-state index in [9.17, 15) is 9.18 Å². The van der Waals surface area contributed by atoms with Crippen LogP contribution in [0.5, 0.6) is 5.75 Å². The quantitative estimate of drug-likeness (QED) is 0.622. The summed E-state index contributed by atoms with van der Waals surface area (Å²) in [5.41, 5.74) is 3.26. The Hall–Kier alpha value is -3.32. The van der Waals surface area contributed by atoms with E-state index in [0.717, 1.165) is 36.8 Å². The lowest BCUT2D eigenvalue weighted by molar-refractivity contribution is -0.110. The third-order valence-corrected chi connectivity index (χ3v) is 5.39. The van der Waals surface area contributed by atoms with Crippen LogP contribution in [-0.4, -0.2) is 43.7 Å². The number of hydrogen-bond donors (Lipinski definition) is 2. The lowest BCUT2D eigenvalue weighted by Gasteiger charge is -2.18. The van der Waals surface area contributed by atoms with Crippen LogP contribution in [0, 0.1) is 5.82 Å². The van der Waals surface area contributed by atoms with Crippen molar-refractivity contribution < 1.29 is 18.7 Å². The maximum Gasteiger partial charge on any atom is 0.260 e. The highest BCUT2D eigenvalue weighted by molar-refractivity contribution is 6.32. The molecular formula is C24H26FN3O3. The Bertz CT molecular complexity index is 1030. The summed E-state index contributed by atoms with van der Waals surface area (Å²) in [6.45, 7) is 8.19. The van der Waals surface area contributed by atoms with Crippen molar-refractivity contribution in [1.82, 2.24) is 4.90 Å². The molecule has 6 nitrogen and oxygen atoms in total. The van der Waals surface area contributed by atoms with Crippen LogP contribution in [0.1, 0.15) is 19.4 Å². The summed E-state index contributed by atoms with van der Waals surface area (Å²) in [5.74, 6) is 0.612. The van der Waals surface area contributed by atoms with Crippen LogP contribution in [0.3, 0.4) is 0 Å². The van der Waals surface area contributed by atoms with Crippen molar-refractivity contribution in [2.45, 2.75) is 13.8 Å². The molecule has 0 fully saturated rings. The van der Waals surface area contributed by atoms with Gasteiger partial charge in [-0.25, -0.2) is 4.39 Å². The Labute approximate surface area is 181 Å². The van der Waals surface area contributed by atoms with Gasteiger partial charge in [-0.2, -0.15) is 0 Å². The van der Waals surface area contributed by atoms with Crippen molar-refractivity contribution in [3.63, 3.8) is 0 Å². The van der Waals surface area contributed by atoms with Crippen LogP contribution in [0.25, 0.3) is 5.57 Å². The molecule has 7 heteroatoms. The second kappa shape index (κ2) is 9.22. The van der Waals surface area contributed by atoms with Gasteiger partial charge in [0, 0.05) is 23.9 Å². The molecule has 0 atom stereocenters. The van der Waals surface area contributed by atoms with Gasteiger partial charge < -0.3 is 25.0 Å². The first-order valence-electron chi connectivity index (χ1n) is 10.5. The average Bonchev–Trinajstić information content (AvgIpc) is 3.35. The molecule has 0 bridgehead atoms. The molecule has 0 saturated carbocycles. The number of nitrogens with one attached hydrogen (secondary N) is 2. The van der Waals surface area contributed by atoms with E-state index in [-0.39, 0.29) is 5.91 Å². The van der Waals surface area contributed by atoms with E-state index in [0.29, 0.717) is 35.8 Å². The van der Waals surface area contributed by atoms with Gasteiger partial charge in [-0.3, -0.25) is 4.79 Å². The fourth-order valence-electron chi connectivity index (χ4n) is 3.66. The van der Waals surface area contributed by atoms with E-state index in [2.05, 4.69) is 29.4 Å². The molecule has 162 valence electrons. The zero-order valence-electron chi connectivity index (χ0n) is 17.7. The predicted molar refractivity (Wildman–Crippen MR) is 119 cm³/mol. The monoisotopic (exact) mass is 423 g/mol. The fraction of sp³-hybridized carbons (Fsp3) is 0.292. The minimum Gasteiger partial charge on any atom is -0.492 e. The second-order valence-corrected chi connectivity index (χ2v) is 7.37. The number of carbonyl (C=O) groups excluding carboxylic acids is 1. The molecule has 2 aromatic carbocycles. The van der Waals surface area contributed by atoms with Crippen LogP contribution in [0.2, 0.25) is 0 Å². The highest BCUT2D eigenvalue weighted by Crippen LogP contribution is 2.36. The number of ether oxygens (including phenoxy) is 2. The number of rotatable bonds is 8. The van der Waals surface area contributed by atoms with E-state index in [1.54, 1.807) is 6.07 Å². The first kappa shape index (κ1) is 20.9. The summed E-state index contributed by atoms with van der Waals surface area (Å²) in [5, 5.41) is 5.99. The largest absolute Gasteiger partial charge is 0.492 e. The van der Waals surface area contributed by atoms with Gasteiger partial charge >= 0.3 is 0 Å². The van der Waals surface area contributed by atoms with Gasteiger partial charge in [0.2, 0.25) is 0 Å². The number of likely N-dealkylation sites (N-methyl/N-ethyl adjacent to an activating group) is 1. The Morgan fingerprint density at radius 1 is 1.16 bits per heavy atom. The van der Waals surface area contributed by atoms with Gasteiger partial charge in [-0.05, 0) is 55.6 Å². The maximum absolute atomic E-state index is 13.4. The highest BCUT2D eigenvalue weighted by Gasteiger charge is 2.30. The summed E-state index contributed by atoms with van der Waals surface area (Å²) in [6, 6.07) is 12.0. The van der Waals surface area contributed by atoms with Crippen molar-refractivity contribution in [3.05, 3.63) is 71.4 Å². The van der Waals surface area contributed by atoms with Gasteiger partial charge in [0.1, 0.15) is 30.5 Å². The van der Waals surface area contributed by atoms with Crippen LogP contribution in [-0.2, 0) is 9.53 Å². The first-order chi connectivity index (χ1) is 15.1. The molecular weight excluding hydrogens is 397 g/mol. The number of fused-ring (bicyclic) bond motifs is 1. The summed E-state index contributed by atoms with van der Waals surface area (Å²) in [6.07, 6.45) is 1.81. The Kier molecular flexibility index (Phi) is 6.23. The molecule has 2 aliphatic heterocycles. The summed E-state index contributed by atoms with van der Waals surface area (Å²) in [4.78, 5) is 14.7. The molecule has 0 aliphatic carbocycles. The first-order valence-corrected chi connectivity index (χ1v) is 10.5. The van der Waals surface area contributed by atoms with Crippen LogP contribution in [0.4, 0.5) is 15.8 Å². The van der Waals surface area contributed by atoms with Crippen LogP contribution < -0.4 is 15.4 Å². The molecule has 2 heterocycles. The lowest BCUT2D eigenvalue weighted by atomic mass is 10.1. The van der Waals surface area contributed by atoms with Crippen molar-refractivity contribution in [3.8, 4) is 5.75 Å². The molecule has 2 aliphatic rings. The number of halogens is 1. The highest BCUT2D eigenvalue weighted by atomic mass is 19.1. The average molecular weight is 423 g/mol. The molecule has 0 unspecified atom stereocenters. The minimum absolute atomic E-state index is 0.292. The number of nitrogens with zero attached hydrogens (tertiary/aromatic N) is 1. The molecule has 0 aromatic heterocycles. The maximum atomic E-state index is 13.4. The van der Waals surface area contributed by atoms with Crippen LogP contribution in [0.15, 0.2) is 60.0 Å². The van der Waals surface area contributed by atoms with Gasteiger partial charge in [-0.15, -0.1) is 0 Å². The molecule has 0 spiro atoms. The third-order valence-electron chi connectivity index (χ3n) is 5.39. The predicted octanol–water partition coefficient (Wildman–Crippen LogP) is 4.24. The van der Waals surface area contributed by atoms with E-state index in [1.165, 1.54) is 12.1 Å². The van der Waals surface area contributed by atoms with Gasteiger partial charge in [0.25, 0.3) is 5.91 Å². The Morgan fingerprint density at radius 2 is 1.94 bits per heavy atom. The van der Waals surface area contributed by atoms with E-state index in [1.807, 2.05) is 30.3 Å². The number of carbonyl (C=O) groups is 1. The molecule has 0 radical (unpaired) electrons. The Morgan fingerprint density at radius 3 is 2.68 bits per heavy atom. The van der Waals surface area contributed by atoms with Gasteiger partial charge in [0.15, 0.2) is 0 Å². The normalized spacial score (nSPS) is 17.3. The SMILES string of the molecule is CCN(CC)CCOc1ccc(NC2=CC(=C3C(=O)Nc4cc(F)ccc43)OC2)cc1. The Balaban J connectivity index is 1.40. The molecule has 2 N–H and O–H groups in total. The van der Waals surface area contributed by atoms with Crippen molar-refractivity contribution in [2.75, 3.05) is 43.5 Å². The lowest BCUT2D eigenvalue weighted by Crippen LogP contribution is -2.27. The second-order valence-electron chi connectivity index (χ2n) is 7.37. The summed E-state index contributed by atoms with van der Waals surface area (Å²) in [7, 11) is 0. The molecule has 0 saturated heterocycles. The standard InChI is InChI=1S/C24H26FN3O3/c1-3-28(4-2)11-12-30-19-8-6-17(7-9-19)26-18-14-22(31-15-18)23-20-10-5-16(25)13-21(20)27-24(23)29/h5-10,13-14,26H,3-4,11-12,15H2,1-2H3,(H,27,29). The zero-order chi connectivity index (χ0) is 21.8. The van der Waals surface area contributed by atoms with Gasteiger partial charge in [-0.1, -0.05) is 13.8 Å². The van der Waals surface area contributed by atoms with Crippen molar-refractivity contribution >= 4 is 22.9 Å². The zero-order valence-corrected chi connectivity index (χ0v) is 17.7. The van der Waals surface area contributed by atoms with Gasteiger partial charge in [0.05, 0.1) is 17.0 Å². The topological polar surface area (TPSA) is 62.8 Å². The smallest absolute Gasteiger partial charge is 0.260 e. The number of benzene rings is 2. The van der Waals surface area contributed by atoms with E-state index < -0.39 is 5.82 Å². The molecule has 4 rings (SSSR count).